The molecule has 2 rings (SSSR count). The first-order valence-electron chi connectivity index (χ1n) is 6.21. The van der Waals surface area contributed by atoms with E-state index in [1.165, 1.54) is 4.90 Å². The summed E-state index contributed by atoms with van der Waals surface area (Å²) < 4.78 is 0.785. The fourth-order valence-electron chi connectivity index (χ4n) is 1.79. The number of hydrogen-bond donors (Lipinski definition) is 2. The molecule has 0 bridgehead atoms. The lowest BCUT2D eigenvalue weighted by Gasteiger charge is -2.14. The van der Waals surface area contributed by atoms with E-state index >= 15 is 0 Å². The first kappa shape index (κ1) is 15.7. The Bertz CT molecular complexity index is 689. The van der Waals surface area contributed by atoms with E-state index in [1.807, 2.05) is 12.1 Å². The van der Waals surface area contributed by atoms with E-state index < -0.39 is 0 Å². The number of carbonyl (C=O) groups excluding carboxylic acids is 1. The summed E-state index contributed by atoms with van der Waals surface area (Å²) in [5.74, 6) is -0.0738. The van der Waals surface area contributed by atoms with Crippen LogP contribution in [0.3, 0.4) is 0 Å². The maximum absolute atomic E-state index is 12.0. The Morgan fingerprint density at radius 3 is 2.57 bits per heavy atom. The molecule has 2 aromatic rings. The molecule has 4 nitrogen and oxygen atoms in total. The van der Waals surface area contributed by atoms with E-state index in [0.29, 0.717) is 22.0 Å². The van der Waals surface area contributed by atoms with Gasteiger partial charge in [-0.15, -0.1) is 0 Å². The monoisotopic (exact) mass is 367 g/mol. The zero-order valence-electron chi connectivity index (χ0n) is 11.7. The zero-order chi connectivity index (χ0) is 15.6. The third-order valence-electron chi connectivity index (χ3n) is 2.91. The summed E-state index contributed by atoms with van der Waals surface area (Å²) in [6.07, 6.45) is 0. The van der Waals surface area contributed by atoms with Crippen LogP contribution in [0.25, 0.3) is 0 Å². The number of benzene rings is 2. The summed E-state index contributed by atoms with van der Waals surface area (Å²) in [6, 6.07) is 10.6. The molecular formula is C15H15BrClN3O. The van der Waals surface area contributed by atoms with Gasteiger partial charge in [0.25, 0.3) is 5.91 Å². The van der Waals surface area contributed by atoms with Crippen LogP contribution in [0.4, 0.5) is 17.1 Å². The fourth-order valence-corrected chi connectivity index (χ4v) is 2.28. The number of carbonyl (C=O) groups is 1. The van der Waals surface area contributed by atoms with Gasteiger partial charge < -0.3 is 16.0 Å². The van der Waals surface area contributed by atoms with Crippen LogP contribution in [-0.4, -0.2) is 24.9 Å². The second-order valence-corrected chi connectivity index (χ2v) is 6.02. The second-order valence-electron chi connectivity index (χ2n) is 4.76. The maximum atomic E-state index is 12.0. The number of rotatable bonds is 3. The highest BCUT2D eigenvalue weighted by Gasteiger charge is 2.10. The smallest absolute Gasteiger partial charge is 0.253 e. The molecule has 0 atom stereocenters. The molecule has 0 saturated carbocycles. The van der Waals surface area contributed by atoms with Crippen molar-refractivity contribution in [2.24, 2.45) is 0 Å². The molecule has 0 fully saturated rings. The highest BCUT2D eigenvalue weighted by molar-refractivity contribution is 9.10. The Hall–Kier alpha value is -1.72. The van der Waals surface area contributed by atoms with Crippen molar-refractivity contribution < 1.29 is 4.79 Å². The first-order valence-corrected chi connectivity index (χ1v) is 7.39. The van der Waals surface area contributed by atoms with Gasteiger partial charge in [-0.2, -0.15) is 0 Å². The molecular weight excluding hydrogens is 354 g/mol. The molecule has 0 heterocycles. The van der Waals surface area contributed by atoms with Crippen LogP contribution in [-0.2, 0) is 0 Å². The predicted octanol–water partition coefficient (Wildman–Crippen LogP) is 4.13. The van der Waals surface area contributed by atoms with Crippen LogP contribution in [0.2, 0.25) is 5.02 Å². The molecule has 0 aromatic heterocycles. The Morgan fingerprint density at radius 1 is 1.24 bits per heavy atom. The number of nitrogens with two attached hydrogens (primary N) is 1. The summed E-state index contributed by atoms with van der Waals surface area (Å²) in [5.41, 5.74) is 8.60. The number of nitrogens with zero attached hydrogens (tertiary/aromatic N) is 1. The molecule has 0 spiro atoms. The van der Waals surface area contributed by atoms with E-state index in [1.54, 1.807) is 38.4 Å². The molecule has 0 radical (unpaired) electrons. The van der Waals surface area contributed by atoms with Gasteiger partial charge in [-0.05, 0) is 52.3 Å². The van der Waals surface area contributed by atoms with E-state index in [0.717, 1.165) is 10.2 Å². The molecule has 0 aliphatic rings. The van der Waals surface area contributed by atoms with Crippen molar-refractivity contribution in [2.45, 2.75) is 0 Å². The van der Waals surface area contributed by atoms with Crippen molar-refractivity contribution in [2.75, 3.05) is 25.1 Å². The SMILES string of the molecule is CN(C)C(=O)c1ccc(N)c(Nc2ccc(Cl)c(Br)c2)c1. The summed E-state index contributed by atoms with van der Waals surface area (Å²) >= 11 is 9.34. The largest absolute Gasteiger partial charge is 0.397 e. The van der Waals surface area contributed by atoms with Gasteiger partial charge in [-0.3, -0.25) is 4.79 Å². The van der Waals surface area contributed by atoms with Crippen LogP contribution >= 0.6 is 27.5 Å². The Morgan fingerprint density at radius 2 is 1.95 bits per heavy atom. The number of nitrogens with one attached hydrogen (secondary N) is 1. The Kier molecular flexibility index (Phi) is 4.75. The summed E-state index contributed by atoms with van der Waals surface area (Å²) in [7, 11) is 3.42. The summed E-state index contributed by atoms with van der Waals surface area (Å²) in [4.78, 5) is 13.5. The van der Waals surface area contributed by atoms with Gasteiger partial charge in [0.05, 0.1) is 16.4 Å². The summed E-state index contributed by atoms with van der Waals surface area (Å²) in [5, 5.41) is 3.82. The Balaban J connectivity index is 2.32. The van der Waals surface area contributed by atoms with Crippen molar-refractivity contribution in [1.29, 1.82) is 0 Å². The van der Waals surface area contributed by atoms with Crippen molar-refractivity contribution >= 4 is 50.5 Å². The highest BCUT2D eigenvalue weighted by atomic mass is 79.9. The van der Waals surface area contributed by atoms with Gasteiger partial charge >= 0.3 is 0 Å². The first-order chi connectivity index (χ1) is 9.88. The third-order valence-corrected chi connectivity index (χ3v) is 4.12. The van der Waals surface area contributed by atoms with Crippen LogP contribution in [0.5, 0.6) is 0 Å². The Labute approximate surface area is 137 Å². The van der Waals surface area contributed by atoms with Gasteiger partial charge in [0.2, 0.25) is 0 Å². The standard InChI is InChI=1S/C15H15BrClN3O/c1-20(2)15(21)9-3-6-13(18)14(7-9)19-10-4-5-12(17)11(16)8-10/h3-8,19H,18H2,1-2H3. The number of nitrogen functional groups attached to an aromatic ring is 1. The minimum atomic E-state index is -0.0738. The molecule has 0 saturated heterocycles. The van der Waals surface area contributed by atoms with Crippen molar-refractivity contribution in [1.82, 2.24) is 4.90 Å². The lowest BCUT2D eigenvalue weighted by molar-refractivity contribution is 0.0827. The maximum Gasteiger partial charge on any atom is 0.253 e. The number of amides is 1. The van der Waals surface area contributed by atoms with Gasteiger partial charge in [-0.25, -0.2) is 0 Å². The highest BCUT2D eigenvalue weighted by Crippen LogP contribution is 2.29. The van der Waals surface area contributed by atoms with Gasteiger partial charge in [-0.1, -0.05) is 11.6 Å². The predicted molar refractivity (Wildman–Crippen MR) is 91.3 cm³/mol. The molecule has 1 amide bonds. The fraction of sp³-hybridized carbons (Fsp3) is 0.133. The number of halogens is 2. The quantitative estimate of drug-likeness (QED) is 0.801. The minimum Gasteiger partial charge on any atom is -0.397 e. The van der Waals surface area contributed by atoms with Gasteiger partial charge in [0, 0.05) is 29.8 Å². The molecule has 21 heavy (non-hydrogen) atoms. The van der Waals surface area contributed by atoms with E-state index in [-0.39, 0.29) is 5.91 Å². The topological polar surface area (TPSA) is 58.4 Å². The van der Waals surface area contributed by atoms with Gasteiger partial charge in [0.15, 0.2) is 0 Å². The second kappa shape index (κ2) is 6.37. The molecule has 110 valence electrons. The van der Waals surface area contributed by atoms with Crippen LogP contribution in [0.1, 0.15) is 10.4 Å². The van der Waals surface area contributed by atoms with Crippen LogP contribution in [0.15, 0.2) is 40.9 Å². The van der Waals surface area contributed by atoms with Gasteiger partial charge in [0.1, 0.15) is 0 Å². The molecule has 0 unspecified atom stereocenters. The van der Waals surface area contributed by atoms with Crippen molar-refractivity contribution in [3.63, 3.8) is 0 Å². The normalized spacial score (nSPS) is 10.3. The lowest BCUT2D eigenvalue weighted by Crippen LogP contribution is -2.21. The molecule has 2 aromatic carbocycles. The molecule has 3 N–H and O–H groups in total. The molecule has 6 heteroatoms. The van der Waals surface area contributed by atoms with E-state index in [4.69, 9.17) is 17.3 Å². The third kappa shape index (κ3) is 3.68. The van der Waals surface area contributed by atoms with E-state index in [2.05, 4.69) is 21.2 Å². The summed E-state index contributed by atoms with van der Waals surface area (Å²) in [6.45, 7) is 0. The lowest BCUT2D eigenvalue weighted by atomic mass is 10.1. The average molecular weight is 369 g/mol. The molecule has 0 aliphatic heterocycles. The van der Waals surface area contributed by atoms with Crippen LogP contribution < -0.4 is 11.1 Å². The average Bonchev–Trinajstić information content (AvgIpc) is 2.44. The van der Waals surface area contributed by atoms with Crippen molar-refractivity contribution in [3.05, 3.63) is 51.5 Å². The number of anilines is 3. The molecule has 0 aliphatic carbocycles. The zero-order valence-corrected chi connectivity index (χ0v) is 14.0. The number of hydrogen-bond acceptors (Lipinski definition) is 3. The minimum absolute atomic E-state index is 0.0738. The van der Waals surface area contributed by atoms with Crippen molar-refractivity contribution in [3.8, 4) is 0 Å². The van der Waals surface area contributed by atoms with Crippen LogP contribution in [0, 0.1) is 0 Å². The van der Waals surface area contributed by atoms with E-state index in [9.17, 15) is 4.79 Å².